The minimum atomic E-state index is -0.247. The van der Waals surface area contributed by atoms with E-state index in [2.05, 4.69) is 16.8 Å². The van der Waals surface area contributed by atoms with Crippen molar-refractivity contribution in [1.82, 2.24) is 24.3 Å². The number of aromatic nitrogens is 2. The molecule has 0 radical (unpaired) electrons. The maximum absolute atomic E-state index is 13.3. The van der Waals surface area contributed by atoms with Gasteiger partial charge in [-0.05, 0) is 44.6 Å². The molecule has 1 aliphatic rings. The number of imide groups is 1. The number of amides is 2. The van der Waals surface area contributed by atoms with Crippen LogP contribution in [0.25, 0.3) is 16.5 Å². The van der Waals surface area contributed by atoms with Crippen LogP contribution in [0.15, 0.2) is 49.1 Å². The first-order chi connectivity index (χ1) is 16.0. The predicted molar refractivity (Wildman–Crippen MR) is 128 cm³/mol. The van der Waals surface area contributed by atoms with Gasteiger partial charge < -0.3 is 14.6 Å². The molecule has 0 bridgehead atoms. The third kappa shape index (κ3) is 4.68. The maximum atomic E-state index is 13.3. The summed E-state index contributed by atoms with van der Waals surface area (Å²) in [6, 6.07) is 9.32. The van der Waals surface area contributed by atoms with Crippen molar-refractivity contribution in [3.63, 3.8) is 0 Å². The molecule has 2 heterocycles. The van der Waals surface area contributed by atoms with Gasteiger partial charge in [-0.2, -0.15) is 0 Å². The molecule has 0 aliphatic carbocycles. The molecular weight excluding hydrogens is 418 g/mol. The van der Waals surface area contributed by atoms with E-state index >= 15 is 0 Å². The van der Waals surface area contributed by atoms with Gasteiger partial charge in [0, 0.05) is 60.5 Å². The van der Waals surface area contributed by atoms with Crippen molar-refractivity contribution >= 4 is 22.6 Å². The summed E-state index contributed by atoms with van der Waals surface area (Å²) >= 11 is 0. The van der Waals surface area contributed by atoms with Crippen LogP contribution in [0.5, 0.6) is 0 Å². The zero-order chi connectivity index (χ0) is 23.4. The summed E-state index contributed by atoms with van der Waals surface area (Å²) in [5.74, 6) is -0.493. The summed E-state index contributed by atoms with van der Waals surface area (Å²) in [7, 11) is 1.99. The monoisotopic (exact) mass is 449 g/mol. The van der Waals surface area contributed by atoms with Gasteiger partial charge in [0.1, 0.15) is 0 Å². The van der Waals surface area contributed by atoms with Crippen LogP contribution >= 0.6 is 0 Å². The van der Waals surface area contributed by atoms with E-state index in [1.807, 2.05) is 47.0 Å². The molecule has 1 aromatic heterocycles. The van der Waals surface area contributed by atoms with Crippen LogP contribution in [-0.2, 0) is 0 Å². The van der Waals surface area contributed by atoms with E-state index in [1.165, 1.54) is 4.90 Å². The highest BCUT2D eigenvalue weighted by Gasteiger charge is 2.33. The zero-order valence-electron chi connectivity index (χ0n) is 19.3. The van der Waals surface area contributed by atoms with Gasteiger partial charge in [-0.15, -0.1) is 0 Å². The molecule has 0 fully saturated rings. The summed E-state index contributed by atoms with van der Waals surface area (Å²) < 4.78 is 1.89. The Labute approximate surface area is 194 Å². The molecule has 8 nitrogen and oxygen atoms in total. The number of likely N-dealkylation sites (N-methyl/N-ethyl adjacent to an activating group) is 1. The predicted octanol–water partition coefficient (Wildman–Crippen LogP) is 2.61. The highest BCUT2D eigenvalue weighted by molar-refractivity contribution is 6.26. The van der Waals surface area contributed by atoms with Crippen LogP contribution in [0.4, 0.5) is 0 Å². The zero-order valence-corrected chi connectivity index (χ0v) is 19.3. The molecule has 33 heavy (non-hydrogen) atoms. The molecule has 0 unspecified atom stereocenters. The Morgan fingerprint density at radius 2 is 1.79 bits per heavy atom. The van der Waals surface area contributed by atoms with Gasteiger partial charge in [0.2, 0.25) is 0 Å². The number of rotatable bonds is 11. The Kier molecular flexibility index (Phi) is 7.17. The number of nitrogens with zero attached hydrogens (tertiary/aromatic N) is 5. The van der Waals surface area contributed by atoms with Gasteiger partial charge >= 0.3 is 0 Å². The molecule has 174 valence electrons. The summed E-state index contributed by atoms with van der Waals surface area (Å²) in [6.07, 6.45) is 7.18. The number of hydrogen-bond acceptors (Lipinski definition) is 6. The van der Waals surface area contributed by atoms with Crippen molar-refractivity contribution in [2.75, 3.05) is 46.5 Å². The minimum absolute atomic E-state index is 0.0713. The highest BCUT2D eigenvalue weighted by atomic mass is 16.3. The Bertz CT molecular complexity index is 1110. The van der Waals surface area contributed by atoms with E-state index in [1.54, 1.807) is 18.6 Å². The van der Waals surface area contributed by atoms with Crippen molar-refractivity contribution in [2.24, 2.45) is 0 Å². The van der Waals surface area contributed by atoms with Crippen LogP contribution in [-0.4, -0.2) is 87.7 Å². The average molecular weight is 450 g/mol. The van der Waals surface area contributed by atoms with Crippen molar-refractivity contribution < 1.29 is 14.7 Å². The first-order valence-electron chi connectivity index (χ1n) is 11.5. The molecule has 2 amide bonds. The SMILES string of the molecule is CCCN(CO)CCCN(C)CCN1C(=O)c2cccc3c(-n4ccnc4)ccc(c23)C1=O. The number of benzene rings is 2. The van der Waals surface area contributed by atoms with E-state index in [0.29, 0.717) is 29.6 Å². The van der Waals surface area contributed by atoms with E-state index in [-0.39, 0.29) is 18.5 Å². The lowest BCUT2D eigenvalue weighted by atomic mass is 9.93. The second-order valence-corrected chi connectivity index (χ2v) is 8.51. The van der Waals surface area contributed by atoms with Gasteiger partial charge in [0.05, 0.1) is 18.7 Å². The first kappa shape index (κ1) is 23.1. The lowest BCUT2D eigenvalue weighted by Gasteiger charge is -2.29. The molecule has 0 spiro atoms. The standard InChI is InChI=1S/C25H31N5O3/c1-3-11-28(18-31)13-5-12-27(2)15-16-30-24(32)20-7-4-6-19-22(29-14-10-26-17-29)9-8-21(23(19)20)25(30)33/h4,6-10,14,17,31H,3,5,11-13,15-16,18H2,1-2H3. The summed E-state index contributed by atoms with van der Waals surface area (Å²) in [4.78, 5) is 36.2. The topological polar surface area (TPSA) is 81.9 Å². The molecule has 2 aromatic carbocycles. The molecule has 1 N–H and O–H groups in total. The number of imidazole rings is 1. The third-order valence-corrected chi connectivity index (χ3v) is 6.21. The van der Waals surface area contributed by atoms with Gasteiger partial charge in [-0.25, -0.2) is 4.98 Å². The van der Waals surface area contributed by atoms with E-state index in [9.17, 15) is 14.7 Å². The van der Waals surface area contributed by atoms with Crippen LogP contribution in [0.3, 0.4) is 0 Å². The summed E-state index contributed by atoms with van der Waals surface area (Å²) in [5, 5.41) is 11.0. The van der Waals surface area contributed by atoms with Crippen molar-refractivity contribution in [2.45, 2.75) is 19.8 Å². The van der Waals surface area contributed by atoms with Crippen LogP contribution in [0.1, 0.15) is 40.5 Å². The maximum Gasteiger partial charge on any atom is 0.261 e. The van der Waals surface area contributed by atoms with Gasteiger partial charge in [-0.1, -0.05) is 19.1 Å². The molecule has 0 saturated carbocycles. The minimum Gasteiger partial charge on any atom is -0.381 e. The number of hydrogen-bond donors (Lipinski definition) is 1. The molecule has 4 rings (SSSR count). The fourth-order valence-corrected chi connectivity index (χ4v) is 4.48. The van der Waals surface area contributed by atoms with E-state index in [0.717, 1.165) is 43.5 Å². The largest absolute Gasteiger partial charge is 0.381 e. The van der Waals surface area contributed by atoms with Crippen molar-refractivity contribution in [3.05, 3.63) is 60.2 Å². The smallest absolute Gasteiger partial charge is 0.261 e. The fourth-order valence-electron chi connectivity index (χ4n) is 4.48. The molecule has 1 aliphatic heterocycles. The summed E-state index contributed by atoms with van der Waals surface area (Å²) in [5.41, 5.74) is 2.01. The normalized spacial score (nSPS) is 13.7. The first-order valence-corrected chi connectivity index (χ1v) is 11.5. The summed E-state index contributed by atoms with van der Waals surface area (Å²) in [6.45, 7) is 5.64. The second kappa shape index (κ2) is 10.2. The van der Waals surface area contributed by atoms with E-state index < -0.39 is 0 Å². The Balaban J connectivity index is 1.47. The fraction of sp³-hybridized carbons (Fsp3) is 0.400. The molecular formula is C25H31N5O3. The number of aliphatic hydroxyl groups excluding tert-OH is 1. The Morgan fingerprint density at radius 3 is 2.48 bits per heavy atom. The van der Waals surface area contributed by atoms with Crippen molar-refractivity contribution in [3.8, 4) is 5.69 Å². The Hall–Kier alpha value is -3.07. The second-order valence-electron chi connectivity index (χ2n) is 8.51. The lowest BCUT2D eigenvalue weighted by molar-refractivity contribution is 0.0594. The average Bonchev–Trinajstić information content (AvgIpc) is 3.36. The quantitative estimate of drug-likeness (QED) is 0.358. The lowest BCUT2D eigenvalue weighted by Crippen LogP contribution is -2.44. The van der Waals surface area contributed by atoms with Crippen LogP contribution < -0.4 is 0 Å². The molecule has 0 atom stereocenters. The van der Waals surface area contributed by atoms with Gasteiger partial charge in [-0.3, -0.25) is 19.4 Å². The van der Waals surface area contributed by atoms with Gasteiger partial charge in [0.25, 0.3) is 11.8 Å². The van der Waals surface area contributed by atoms with Crippen molar-refractivity contribution in [1.29, 1.82) is 0 Å². The van der Waals surface area contributed by atoms with E-state index in [4.69, 9.17) is 0 Å². The number of aliphatic hydroxyl groups is 1. The third-order valence-electron chi connectivity index (χ3n) is 6.21. The van der Waals surface area contributed by atoms with Crippen LogP contribution in [0.2, 0.25) is 0 Å². The molecule has 8 heteroatoms. The highest BCUT2D eigenvalue weighted by Crippen LogP contribution is 2.33. The number of carbonyl (C=O) groups is 2. The van der Waals surface area contributed by atoms with Gasteiger partial charge in [0.15, 0.2) is 0 Å². The molecule has 3 aromatic rings. The molecule has 0 saturated heterocycles. The van der Waals surface area contributed by atoms with Crippen LogP contribution in [0, 0.1) is 0 Å². The Morgan fingerprint density at radius 1 is 1.00 bits per heavy atom. The number of carbonyl (C=O) groups excluding carboxylic acids is 2.